The lowest BCUT2D eigenvalue weighted by Crippen LogP contribution is -2.38. The maximum Gasteiger partial charge on any atom is 0.317 e. The first kappa shape index (κ1) is 19.6. The van der Waals surface area contributed by atoms with Crippen molar-refractivity contribution < 1.29 is 18.3 Å². The van der Waals surface area contributed by atoms with Crippen LogP contribution in [0.2, 0.25) is 0 Å². The van der Waals surface area contributed by atoms with E-state index < -0.39 is 15.8 Å². The Labute approximate surface area is 139 Å². The Balaban J connectivity index is 2.84. The number of sulfone groups is 1. The lowest BCUT2D eigenvalue weighted by Gasteiger charge is -2.24. The van der Waals surface area contributed by atoms with E-state index in [-0.39, 0.29) is 35.2 Å². The van der Waals surface area contributed by atoms with Gasteiger partial charge < -0.3 is 5.11 Å². The van der Waals surface area contributed by atoms with Crippen molar-refractivity contribution >= 4 is 15.8 Å². The van der Waals surface area contributed by atoms with Gasteiger partial charge in [-0.1, -0.05) is 32.9 Å². The second-order valence-electron chi connectivity index (χ2n) is 7.05. The van der Waals surface area contributed by atoms with Crippen LogP contribution < -0.4 is 0 Å². The molecule has 130 valence electrons. The number of hydrogen-bond donors (Lipinski definition) is 1. The van der Waals surface area contributed by atoms with E-state index in [1.165, 1.54) is 0 Å². The van der Waals surface area contributed by atoms with Crippen LogP contribution >= 0.6 is 0 Å². The van der Waals surface area contributed by atoms with Crippen LogP contribution in [-0.2, 0) is 20.0 Å². The van der Waals surface area contributed by atoms with Gasteiger partial charge in [0, 0.05) is 12.6 Å². The molecule has 0 aliphatic carbocycles. The van der Waals surface area contributed by atoms with Crippen molar-refractivity contribution in [3.05, 3.63) is 29.8 Å². The van der Waals surface area contributed by atoms with Crippen LogP contribution in [0.25, 0.3) is 0 Å². The summed E-state index contributed by atoms with van der Waals surface area (Å²) in [6.45, 7) is 9.97. The van der Waals surface area contributed by atoms with Gasteiger partial charge >= 0.3 is 5.97 Å². The smallest absolute Gasteiger partial charge is 0.317 e. The fraction of sp³-hybridized carbons (Fsp3) is 0.588. The molecule has 1 aromatic rings. The standard InChI is InChI=1S/C17H27NO4S/c1-13(2)18(12-16(19)20)10-11-23(21,22)15-8-6-14(7-9-15)17(3,4)5/h6-9,13H,10-12H2,1-5H3,(H,19,20). The molecule has 0 aromatic heterocycles. The van der Waals surface area contributed by atoms with Gasteiger partial charge in [0.1, 0.15) is 0 Å². The molecule has 0 fully saturated rings. The predicted octanol–water partition coefficient (Wildman–Crippen LogP) is 2.55. The third-order valence-electron chi connectivity index (χ3n) is 3.80. The molecule has 0 unspecified atom stereocenters. The van der Waals surface area contributed by atoms with Gasteiger partial charge in [0.15, 0.2) is 9.84 Å². The number of carboxylic acids is 1. The lowest BCUT2D eigenvalue weighted by atomic mass is 9.87. The molecule has 0 atom stereocenters. The molecule has 0 aliphatic rings. The number of carbonyl (C=O) groups is 1. The zero-order chi connectivity index (χ0) is 17.8. The van der Waals surface area contributed by atoms with Crippen LogP contribution in [0.15, 0.2) is 29.2 Å². The van der Waals surface area contributed by atoms with E-state index in [0.717, 1.165) is 5.56 Å². The maximum absolute atomic E-state index is 12.4. The molecule has 5 nitrogen and oxygen atoms in total. The Bertz CT molecular complexity index is 628. The van der Waals surface area contributed by atoms with E-state index in [1.807, 2.05) is 26.0 Å². The molecular weight excluding hydrogens is 314 g/mol. The summed E-state index contributed by atoms with van der Waals surface area (Å²) in [5, 5.41) is 8.89. The number of rotatable bonds is 7. The van der Waals surface area contributed by atoms with E-state index in [4.69, 9.17) is 5.11 Å². The summed E-state index contributed by atoms with van der Waals surface area (Å²) in [6, 6.07) is 6.92. The second kappa shape index (κ2) is 7.45. The van der Waals surface area contributed by atoms with Crippen LogP contribution in [-0.4, -0.2) is 49.3 Å². The van der Waals surface area contributed by atoms with E-state index in [1.54, 1.807) is 17.0 Å². The highest BCUT2D eigenvalue weighted by Gasteiger charge is 2.20. The first-order valence-corrected chi connectivity index (χ1v) is 9.38. The van der Waals surface area contributed by atoms with Crippen LogP contribution in [0.3, 0.4) is 0 Å². The highest BCUT2D eigenvalue weighted by atomic mass is 32.2. The monoisotopic (exact) mass is 341 g/mol. The third-order valence-corrected chi connectivity index (χ3v) is 5.51. The molecule has 0 radical (unpaired) electrons. The number of benzene rings is 1. The van der Waals surface area contributed by atoms with Crippen molar-refractivity contribution in [1.29, 1.82) is 0 Å². The first-order valence-electron chi connectivity index (χ1n) is 7.72. The van der Waals surface area contributed by atoms with Crippen molar-refractivity contribution in [3.63, 3.8) is 0 Å². The molecule has 0 saturated carbocycles. The molecular formula is C17H27NO4S. The normalized spacial score (nSPS) is 12.8. The third kappa shape index (κ3) is 5.95. The van der Waals surface area contributed by atoms with Crippen LogP contribution in [0, 0.1) is 0 Å². The molecule has 1 N–H and O–H groups in total. The number of nitrogens with zero attached hydrogens (tertiary/aromatic N) is 1. The van der Waals surface area contributed by atoms with Crippen molar-refractivity contribution in [3.8, 4) is 0 Å². The summed E-state index contributed by atoms with van der Waals surface area (Å²) in [6.07, 6.45) is 0. The van der Waals surface area contributed by atoms with Crippen LogP contribution in [0.5, 0.6) is 0 Å². The fourth-order valence-electron chi connectivity index (χ4n) is 2.21. The van der Waals surface area contributed by atoms with Gasteiger partial charge in [-0.3, -0.25) is 9.69 Å². The van der Waals surface area contributed by atoms with E-state index in [0.29, 0.717) is 0 Å². The Morgan fingerprint density at radius 2 is 1.70 bits per heavy atom. The Morgan fingerprint density at radius 1 is 1.17 bits per heavy atom. The van der Waals surface area contributed by atoms with Gasteiger partial charge in [0.25, 0.3) is 0 Å². The predicted molar refractivity (Wildman–Crippen MR) is 91.5 cm³/mol. The van der Waals surface area contributed by atoms with Crippen LogP contribution in [0.4, 0.5) is 0 Å². The summed E-state index contributed by atoms with van der Waals surface area (Å²) >= 11 is 0. The van der Waals surface area contributed by atoms with Gasteiger partial charge in [0.2, 0.25) is 0 Å². The molecule has 23 heavy (non-hydrogen) atoms. The van der Waals surface area contributed by atoms with Crippen molar-refractivity contribution in [2.24, 2.45) is 0 Å². The first-order chi connectivity index (χ1) is 10.4. The van der Waals surface area contributed by atoms with Gasteiger partial charge in [-0.05, 0) is 37.0 Å². The van der Waals surface area contributed by atoms with Crippen molar-refractivity contribution in [2.75, 3.05) is 18.8 Å². The average molecular weight is 341 g/mol. The molecule has 1 aromatic carbocycles. The van der Waals surface area contributed by atoms with Crippen molar-refractivity contribution in [1.82, 2.24) is 4.90 Å². The minimum Gasteiger partial charge on any atom is -0.480 e. The highest BCUT2D eigenvalue weighted by Crippen LogP contribution is 2.23. The molecule has 0 amide bonds. The summed E-state index contributed by atoms with van der Waals surface area (Å²) in [4.78, 5) is 12.8. The summed E-state index contributed by atoms with van der Waals surface area (Å²) in [5.41, 5.74) is 1.05. The van der Waals surface area contributed by atoms with Gasteiger partial charge in [-0.25, -0.2) is 8.42 Å². The summed E-state index contributed by atoms with van der Waals surface area (Å²) < 4.78 is 24.9. The molecule has 0 heterocycles. The Hall–Kier alpha value is -1.40. The van der Waals surface area contributed by atoms with Crippen molar-refractivity contribution in [2.45, 2.75) is 51.0 Å². The Morgan fingerprint density at radius 3 is 2.09 bits per heavy atom. The van der Waals surface area contributed by atoms with Gasteiger partial charge in [-0.2, -0.15) is 0 Å². The minimum atomic E-state index is -3.42. The molecule has 0 aliphatic heterocycles. The van der Waals surface area contributed by atoms with E-state index in [2.05, 4.69) is 20.8 Å². The molecule has 6 heteroatoms. The fourth-order valence-corrected chi connectivity index (χ4v) is 3.47. The van der Waals surface area contributed by atoms with Gasteiger partial charge in [-0.15, -0.1) is 0 Å². The minimum absolute atomic E-state index is 0.0235. The largest absolute Gasteiger partial charge is 0.480 e. The van der Waals surface area contributed by atoms with Crippen LogP contribution in [0.1, 0.15) is 40.2 Å². The maximum atomic E-state index is 12.4. The quantitative estimate of drug-likeness (QED) is 0.825. The lowest BCUT2D eigenvalue weighted by molar-refractivity contribution is -0.138. The SMILES string of the molecule is CC(C)N(CCS(=O)(=O)c1ccc(C(C)(C)C)cc1)CC(=O)O. The molecule has 0 spiro atoms. The van der Waals surface area contributed by atoms with Gasteiger partial charge in [0.05, 0.1) is 17.2 Å². The number of aliphatic carboxylic acids is 1. The zero-order valence-corrected chi connectivity index (χ0v) is 15.4. The molecule has 0 bridgehead atoms. The number of carboxylic acid groups (broad SMARTS) is 1. The van der Waals surface area contributed by atoms with E-state index >= 15 is 0 Å². The number of hydrogen-bond acceptors (Lipinski definition) is 4. The topological polar surface area (TPSA) is 74.7 Å². The molecule has 1 rings (SSSR count). The summed E-state index contributed by atoms with van der Waals surface area (Å²) in [7, 11) is -3.42. The zero-order valence-electron chi connectivity index (χ0n) is 14.5. The Kier molecular flexibility index (Phi) is 6.36. The molecule has 0 saturated heterocycles. The average Bonchev–Trinajstić information content (AvgIpc) is 2.42. The highest BCUT2D eigenvalue weighted by molar-refractivity contribution is 7.91. The second-order valence-corrected chi connectivity index (χ2v) is 9.16. The van der Waals surface area contributed by atoms with E-state index in [9.17, 15) is 13.2 Å². The summed E-state index contributed by atoms with van der Waals surface area (Å²) in [5.74, 6) is -1.04.